The minimum atomic E-state index is -0.0314. The van der Waals surface area contributed by atoms with Gasteiger partial charge >= 0.3 is 0 Å². The molecular formula is C15H18BrNO3. The Morgan fingerprint density at radius 1 is 1.45 bits per heavy atom. The number of hydrogen-bond donors (Lipinski definition) is 1. The van der Waals surface area contributed by atoms with Crippen molar-refractivity contribution in [1.82, 2.24) is 5.32 Å². The van der Waals surface area contributed by atoms with Crippen LogP contribution in [-0.4, -0.2) is 25.2 Å². The summed E-state index contributed by atoms with van der Waals surface area (Å²) < 4.78 is 12.1. The SMILES string of the molecule is CC1OCCC1C(=O)NCc1cc(Br)cc2c1OCC2. The number of benzene rings is 1. The van der Waals surface area contributed by atoms with Crippen molar-refractivity contribution in [3.63, 3.8) is 0 Å². The van der Waals surface area contributed by atoms with Crippen LogP contribution in [0, 0.1) is 5.92 Å². The van der Waals surface area contributed by atoms with Crippen LogP contribution < -0.4 is 10.1 Å². The van der Waals surface area contributed by atoms with E-state index in [2.05, 4.69) is 27.3 Å². The molecule has 20 heavy (non-hydrogen) atoms. The van der Waals surface area contributed by atoms with Crippen LogP contribution in [0.15, 0.2) is 16.6 Å². The molecule has 3 rings (SSSR count). The average molecular weight is 340 g/mol. The molecule has 1 saturated heterocycles. The highest BCUT2D eigenvalue weighted by molar-refractivity contribution is 9.10. The normalized spacial score (nSPS) is 24.3. The second-order valence-corrected chi connectivity index (χ2v) is 6.26. The molecule has 0 saturated carbocycles. The van der Waals surface area contributed by atoms with Crippen LogP contribution in [0.4, 0.5) is 0 Å². The summed E-state index contributed by atoms with van der Waals surface area (Å²) in [5.41, 5.74) is 2.24. The van der Waals surface area contributed by atoms with Gasteiger partial charge < -0.3 is 14.8 Å². The van der Waals surface area contributed by atoms with Crippen molar-refractivity contribution >= 4 is 21.8 Å². The first-order valence-corrected chi connectivity index (χ1v) is 7.78. The van der Waals surface area contributed by atoms with Gasteiger partial charge in [0.25, 0.3) is 0 Å². The van der Waals surface area contributed by atoms with Gasteiger partial charge in [-0.25, -0.2) is 0 Å². The summed E-state index contributed by atoms with van der Waals surface area (Å²) >= 11 is 3.51. The van der Waals surface area contributed by atoms with E-state index in [0.717, 1.165) is 35.2 Å². The Morgan fingerprint density at radius 3 is 3.05 bits per heavy atom. The van der Waals surface area contributed by atoms with Gasteiger partial charge in [0.15, 0.2) is 0 Å². The molecule has 1 N–H and O–H groups in total. The largest absolute Gasteiger partial charge is 0.493 e. The lowest BCUT2D eigenvalue weighted by Crippen LogP contribution is -2.33. The van der Waals surface area contributed by atoms with Gasteiger partial charge in [-0.05, 0) is 31.0 Å². The van der Waals surface area contributed by atoms with E-state index in [-0.39, 0.29) is 17.9 Å². The summed E-state index contributed by atoms with van der Waals surface area (Å²) in [6.07, 6.45) is 1.75. The number of nitrogens with one attached hydrogen (secondary N) is 1. The number of halogens is 1. The van der Waals surface area contributed by atoms with E-state index >= 15 is 0 Å². The van der Waals surface area contributed by atoms with Crippen molar-refractivity contribution < 1.29 is 14.3 Å². The van der Waals surface area contributed by atoms with E-state index in [1.807, 2.05) is 13.0 Å². The molecular weight excluding hydrogens is 322 g/mol. The Morgan fingerprint density at radius 2 is 2.30 bits per heavy atom. The zero-order valence-electron chi connectivity index (χ0n) is 11.4. The zero-order chi connectivity index (χ0) is 14.1. The number of fused-ring (bicyclic) bond motifs is 1. The number of carbonyl (C=O) groups excluding carboxylic acids is 1. The summed E-state index contributed by atoms with van der Waals surface area (Å²) in [6.45, 7) is 3.86. The third-order valence-corrected chi connectivity index (χ3v) is 4.45. The predicted molar refractivity (Wildman–Crippen MR) is 78.7 cm³/mol. The first-order chi connectivity index (χ1) is 9.65. The smallest absolute Gasteiger partial charge is 0.226 e. The Kier molecular flexibility index (Phi) is 3.98. The lowest BCUT2D eigenvalue weighted by molar-refractivity contribution is -0.126. The third-order valence-electron chi connectivity index (χ3n) is 3.99. The molecule has 0 aliphatic carbocycles. The standard InChI is InChI=1S/C15H18BrNO3/c1-9-13(3-5-19-9)15(18)17-8-11-7-12(16)6-10-2-4-20-14(10)11/h6-7,9,13H,2-5,8H2,1H3,(H,17,18). The van der Waals surface area contributed by atoms with Crippen molar-refractivity contribution in [2.45, 2.75) is 32.4 Å². The molecule has 0 aromatic heterocycles. The van der Waals surface area contributed by atoms with E-state index in [1.54, 1.807) is 0 Å². The summed E-state index contributed by atoms with van der Waals surface area (Å²) in [7, 11) is 0. The maximum Gasteiger partial charge on any atom is 0.226 e. The fourth-order valence-corrected chi connectivity index (χ4v) is 3.42. The van der Waals surface area contributed by atoms with E-state index in [9.17, 15) is 4.79 Å². The molecule has 2 aliphatic rings. The van der Waals surface area contributed by atoms with Crippen molar-refractivity contribution in [3.8, 4) is 5.75 Å². The average Bonchev–Trinajstić information content (AvgIpc) is 3.03. The predicted octanol–water partition coefficient (Wildman–Crippen LogP) is 2.43. The Bertz CT molecular complexity index is 532. The van der Waals surface area contributed by atoms with Crippen molar-refractivity contribution in [2.75, 3.05) is 13.2 Å². The van der Waals surface area contributed by atoms with Crippen LogP contribution >= 0.6 is 15.9 Å². The Hall–Kier alpha value is -1.07. The van der Waals surface area contributed by atoms with Gasteiger partial charge in [-0.3, -0.25) is 4.79 Å². The van der Waals surface area contributed by atoms with Crippen molar-refractivity contribution in [3.05, 3.63) is 27.7 Å². The summed E-state index contributed by atoms with van der Waals surface area (Å²) in [5, 5.41) is 3.01. The second kappa shape index (κ2) is 5.74. The van der Waals surface area contributed by atoms with Crippen molar-refractivity contribution in [1.29, 1.82) is 0 Å². The number of carbonyl (C=O) groups is 1. The monoisotopic (exact) mass is 339 g/mol. The fraction of sp³-hybridized carbons (Fsp3) is 0.533. The summed E-state index contributed by atoms with van der Waals surface area (Å²) in [4.78, 5) is 12.2. The van der Waals surface area contributed by atoms with Gasteiger partial charge in [-0.1, -0.05) is 15.9 Å². The molecule has 4 nitrogen and oxygen atoms in total. The number of rotatable bonds is 3. The molecule has 1 fully saturated rings. The zero-order valence-corrected chi connectivity index (χ0v) is 13.0. The van der Waals surface area contributed by atoms with Crippen molar-refractivity contribution in [2.24, 2.45) is 5.92 Å². The van der Waals surface area contributed by atoms with Crippen LogP contribution in [0.1, 0.15) is 24.5 Å². The third kappa shape index (κ3) is 2.69. The van der Waals surface area contributed by atoms with Crippen LogP contribution in [0.3, 0.4) is 0 Å². The maximum absolute atomic E-state index is 12.2. The van der Waals surface area contributed by atoms with Gasteiger partial charge in [0.05, 0.1) is 18.6 Å². The van der Waals surface area contributed by atoms with Gasteiger partial charge in [-0.15, -0.1) is 0 Å². The Balaban J connectivity index is 1.68. The van der Waals surface area contributed by atoms with Gasteiger partial charge in [-0.2, -0.15) is 0 Å². The van der Waals surface area contributed by atoms with Crippen LogP contribution in [-0.2, 0) is 22.5 Å². The number of hydrogen-bond acceptors (Lipinski definition) is 3. The molecule has 5 heteroatoms. The second-order valence-electron chi connectivity index (χ2n) is 5.34. The maximum atomic E-state index is 12.2. The topological polar surface area (TPSA) is 47.6 Å². The van der Waals surface area contributed by atoms with Gasteiger partial charge in [0, 0.05) is 29.6 Å². The van der Waals surface area contributed by atoms with Gasteiger partial charge in [0.1, 0.15) is 5.75 Å². The molecule has 1 amide bonds. The van der Waals surface area contributed by atoms with E-state index in [1.165, 1.54) is 5.56 Å². The van der Waals surface area contributed by atoms with Crippen LogP contribution in [0.2, 0.25) is 0 Å². The first kappa shape index (κ1) is 13.9. The minimum Gasteiger partial charge on any atom is -0.493 e. The van der Waals surface area contributed by atoms with Crippen LogP contribution in [0.5, 0.6) is 5.75 Å². The summed E-state index contributed by atoms with van der Waals surface area (Å²) in [6, 6.07) is 4.10. The molecule has 0 radical (unpaired) electrons. The molecule has 0 bridgehead atoms. The van der Waals surface area contributed by atoms with E-state index in [4.69, 9.17) is 9.47 Å². The highest BCUT2D eigenvalue weighted by Gasteiger charge is 2.30. The lowest BCUT2D eigenvalue weighted by atomic mass is 10.0. The van der Waals surface area contributed by atoms with Gasteiger partial charge in [0.2, 0.25) is 5.91 Å². The Labute approximate surface area is 127 Å². The van der Waals surface area contributed by atoms with E-state index < -0.39 is 0 Å². The molecule has 0 spiro atoms. The molecule has 1 aromatic carbocycles. The molecule has 2 atom stereocenters. The highest BCUT2D eigenvalue weighted by atomic mass is 79.9. The number of amides is 1. The number of ether oxygens (including phenoxy) is 2. The molecule has 2 unspecified atom stereocenters. The lowest BCUT2D eigenvalue weighted by Gasteiger charge is -2.15. The molecule has 108 valence electrons. The minimum absolute atomic E-state index is 0.0134. The van der Waals surface area contributed by atoms with Crippen LogP contribution in [0.25, 0.3) is 0 Å². The fourth-order valence-electron chi connectivity index (χ4n) is 2.87. The van der Waals surface area contributed by atoms with E-state index in [0.29, 0.717) is 13.2 Å². The molecule has 1 aromatic rings. The summed E-state index contributed by atoms with van der Waals surface area (Å²) in [5.74, 6) is 0.974. The highest BCUT2D eigenvalue weighted by Crippen LogP contribution is 2.33. The molecule has 2 aliphatic heterocycles. The quantitative estimate of drug-likeness (QED) is 0.919. The first-order valence-electron chi connectivity index (χ1n) is 6.98. The molecule has 2 heterocycles.